The summed E-state index contributed by atoms with van der Waals surface area (Å²) in [6, 6.07) is 8.62. The Balaban J connectivity index is 1.32. The van der Waals surface area contributed by atoms with E-state index in [1.165, 1.54) is 102 Å². The predicted molar refractivity (Wildman–Crippen MR) is 125 cm³/mol. The van der Waals surface area contributed by atoms with Gasteiger partial charge >= 0.3 is 0 Å². The van der Waals surface area contributed by atoms with E-state index >= 15 is 0 Å². The standard InChI is InChI=1S/C27H44O2/c1-2-3-4-5-6-7-8-9-10-11-12-13-14-15-16-17-18-25-19-21-26(22-20-25)28-23-27-24-29-27/h6-7,19-22,27H,2-5,8-18,23-24H2,1H3/b7-6+. The number of allylic oxidation sites excluding steroid dienone is 2. The molecule has 2 heteroatoms. The average molecular weight is 401 g/mol. The maximum absolute atomic E-state index is 5.69. The minimum Gasteiger partial charge on any atom is -0.491 e. The van der Waals surface area contributed by atoms with E-state index in [1.54, 1.807) is 0 Å². The smallest absolute Gasteiger partial charge is 0.119 e. The summed E-state index contributed by atoms with van der Waals surface area (Å²) in [5, 5.41) is 0. The molecule has 1 unspecified atom stereocenters. The van der Waals surface area contributed by atoms with Crippen LogP contribution in [0.25, 0.3) is 0 Å². The molecule has 29 heavy (non-hydrogen) atoms. The molecule has 1 aromatic rings. The van der Waals surface area contributed by atoms with Gasteiger partial charge in [-0.05, 0) is 56.2 Å². The number of ether oxygens (including phenoxy) is 2. The van der Waals surface area contributed by atoms with Crippen molar-refractivity contribution in [3.63, 3.8) is 0 Å². The number of benzene rings is 1. The van der Waals surface area contributed by atoms with E-state index in [1.807, 2.05) is 0 Å². The quantitative estimate of drug-likeness (QED) is 0.133. The fourth-order valence-electron chi connectivity index (χ4n) is 3.68. The van der Waals surface area contributed by atoms with Crippen molar-refractivity contribution in [2.75, 3.05) is 13.2 Å². The van der Waals surface area contributed by atoms with Crippen LogP contribution in [-0.4, -0.2) is 19.3 Å². The third-order valence-electron chi connectivity index (χ3n) is 5.74. The van der Waals surface area contributed by atoms with Gasteiger partial charge in [-0.1, -0.05) is 89.0 Å². The second kappa shape index (κ2) is 16.5. The number of hydrogen-bond acceptors (Lipinski definition) is 2. The first-order chi connectivity index (χ1) is 14.4. The van der Waals surface area contributed by atoms with Crippen LogP contribution >= 0.6 is 0 Å². The van der Waals surface area contributed by atoms with Gasteiger partial charge in [-0.3, -0.25) is 0 Å². The molecule has 1 saturated heterocycles. The van der Waals surface area contributed by atoms with E-state index in [9.17, 15) is 0 Å². The minimum atomic E-state index is 0.330. The summed E-state index contributed by atoms with van der Waals surface area (Å²) >= 11 is 0. The van der Waals surface area contributed by atoms with Crippen molar-refractivity contribution < 1.29 is 9.47 Å². The molecular formula is C27H44O2. The first-order valence-corrected chi connectivity index (χ1v) is 12.4. The molecule has 1 heterocycles. The van der Waals surface area contributed by atoms with Crippen LogP contribution in [0.3, 0.4) is 0 Å². The van der Waals surface area contributed by atoms with E-state index in [0.717, 1.165) is 12.4 Å². The Bertz CT molecular complexity index is 516. The van der Waals surface area contributed by atoms with Crippen LogP contribution in [0.15, 0.2) is 36.4 Å². The molecule has 1 aliphatic heterocycles. The third-order valence-corrected chi connectivity index (χ3v) is 5.74. The summed E-state index contributed by atoms with van der Waals surface area (Å²) < 4.78 is 10.9. The van der Waals surface area contributed by atoms with Crippen molar-refractivity contribution in [2.45, 2.75) is 109 Å². The Morgan fingerprint density at radius 2 is 1.34 bits per heavy atom. The Kier molecular flexibility index (Phi) is 13.7. The highest BCUT2D eigenvalue weighted by Gasteiger charge is 2.22. The number of aryl methyl sites for hydroxylation is 1. The van der Waals surface area contributed by atoms with E-state index in [0.29, 0.717) is 12.7 Å². The lowest BCUT2D eigenvalue weighted by atomic mass is 10.0. The predicted octanol–water partition coefficient (Wildman–Crippen LogP) is 8.04. The number of rotatable bonds is 19. The number of hydrogen-bond donors (Lipinski definition) is 0. The lowest BCUT2D eigenvalue weighted by Gasteiger charge is -2.06. The molecule has 2 rings (SSSR count). The van der Waals surface area contributed by atoms with Crippen LogP contribution in [0.2, 0.25) is 0 Å². The first-order valence-electron chi connectivity index (χ1n) is 12.4. The van der Waals surface area contributed by atoms with E-state index < -0.39 is 0 Å². The third kappa shape index (κ3) is 13.5. The van der Waals surface area contributed by atoms with Crippen LogP contribution in [-0.2, 0) is 11.2 Å². The second-order valence-electron chi connectivity index (χ2n) is 8.60. The number of epoxide rings is 1. The van der Waals surface area contributed by atoms with Gasteiger partial charge in [-0.25, -0.2) is 0 Å². The van der Waals surface area contributed by atoms with Gasteiger partial charge in [0.05, 0.1) is 6.61 Å². The molecule has 164 valence electrons. The lowest BCUT2D eigenvalue weighted by molar-refractivity contribution is 0.263. The fourth-order valence-corrected chi connectivity index (χ4v) is 3.68. The molecule has 0 bridgehead atoms. The van der Waals surface area contributed by atoms with Crippen molar-refractivity contribution in [3.8, 4) is 5.75 Å². The normalized spacial score (nSPS) is 15.8. The van der Waals surface area contributed by atoms with Gasteiger partial charge in [0.2, 0.25) is 0 Å². The molecule has 0 aliphatic carbocycles. The summed E-state index contributed by atoms with van der Waals surface area (Å²) in [7, 11) is 0. The molecule has 0 saturated carbocycles. The minimum absolute atomic E-state index is 0.330. The van der Waals surface area contributed by atoms with Crippen LogP contribution in [0, 0.1) is 0 Å². The van der Waals surface area contributed by atoms with Gasteiger partial charge in [0, 0.05) is 0 Å². The van der Waals surface area contributed by atoms with Crippen LogP contribution in [0.4, 0.5) is 0 Å². The van der Waals surface area contributed by atoms with Crippen molar-refractivity contribution in [1.29, 1.82) is 0 Å². The summed E-state index contributed by atoms with van der Waals surface area (Å²) in [6.45, 7) is 3.82. The summed E-state index contributed by atoms with van der Waals surface area (Å²) in [5.74, 6) is 0.965. The molecule has 1 fully saturated rings. The largest absolute Gasteiger partial charge is 0.491 e. The summed E-state index contributed by atoms with van der Waals surface area (Å²) in [5.41, 5.74) is 1.43. The Labute approximate surface area is 180 Å². The number of unbranched alkanes of at least 4 members (excludes halogenated alkanes) is 12. The zero-order valence-corrected chi connectivity index (χ0v) is 18.9. The highest BCUT2D eigenvalue weighted by Crippen LogP contribution is 2.17. The topological polar surface area (TPSA) is 21.8 Å². The van der Waals surface area contributed by atoms with Crippen molar-refractivity contribution >= 4 is 0 Å². The zero-order chi connectivity index (χ0) is 20.4. The van der Waals surface area contributed by atoms with Gasteiger partial charge in [0.25, 0.3) is 0 Å². The maximum atomic E-state index is 5.69. The highest BCUT2D eigenvalue weighted by atomic mass is 16.6. The highest BCUT2D eigenvalue weighted by molar-refractivity contribution is 5.27. The van der Waals surface area contributed by atoms with Gasteiger partial charge in [0.15, 0.2) is 0 Å². The van der Waals surface area contributed by atoms with E-state index in [2.05, 4.69) is 43.3 Å². The molecule has 1 aromatic carbocycles. The Hall–Kier alpha value is -1.28. The molecule has 1 aliphatic rings. The van der Waals surface area contributed by atoms with E-state index in [4.69, 9.17) is 9.47 Å². The maximum Gasteiger partial charge on any atom is 0.119 e. The van der Waals surface area contributed by atoms with Gasteiger partial charge in [0.1, 0.15) is 18.5 Å². The second-order valence-corrected chi connectivity index (χ2v) is 8.60. The molecule has 0 radical (unpaired) electrons. The van der Waals surface area contributed by atoms with Gasteiger partial charge in [-0.2, -0.15) is 0 Å². The molecule has 0 amide bonds. The zero-order valence-electron chi connectivity index (χ0n) is 18.9. The van der Waals surface area contributed by atoms with Gasteiger partial charge < -0.3 is 9.47 Å². The fraction of sp³-hybridized carbons (Fsp3) is 0.704. The lowest BCUT2D eigenvalue weighted by Crippen LogP contribution is -2.03. The van der Waals surface area contributed by atoms with Crippen molar-refractivity contribution in [3.05, 3.63) is 42.0 Å². The summed E-state index contributed by atoms with van der Waals surface area (Å²) in [4.78, 5) is 0. The molecule has 0 spiro atoms. The van der Waals surface area contributed by atoms with Gasteiger partial charge in [-0.15, -0.1) is 0 Å². The molecule has 2 nitrogen and oxygen atoms in total. The molecule has 0 N–H and O–H groups in total. The molecule has 1 atom stereocenters. The SMILES string of the molecule is CCCCC/C=C/CCCCCCCCCCCc1ccc(OCC2CO2)cc1. The van der Waals surface area contributed by atoms with E-state index in [-0.39, 0.29) is 0 Å². The molecule has 0 aromatic heterocycles. The Morgan fingerprint density at radius 1 is 0.793 bits per heavy atom. The van der Waals surface area contributed by atoms with Crippen LogP contribution in [0.1, 0.15) is 102 Å². The van der Waals surface area contributed by atoms with Crippen LogP contribution in [0.5, 0.6) is 5.75 Å². The Morgan fingerprint density at radius 3 is 1.93 bits per heavy atom. The monoisotopic (exact) mass is 400 g/mol. The van der Waals surface area contributed by atoms with Crippen molar-refractivity contribution in [2.24, 2.45) is 0 Å². The average Bonchev–Trinajstić information content (AvgIpc) is 3.57. The first kappa shape index (κ1) is 24.0. The van der Waals surface area contributed by atoms with Crippen molar-refractivity contribution in [1.82, 2.24) is 0 Å². The van der Waals surface area contributed by atoms with Crippen LogP contribution < -0.4 is 4.74 Å². The molecular weight excluding hydrogens is 356 g/mol. The summed E-state index contributed by atoms with van der Waals surface area (Å²) in [6.07, 6.45) is 25.5.